The van der Waals surface area contributed by atoms with Gasteiger partial charge in [-0.2, -0.15) is 16.9 Å². The van der Waals surface area contributed by atoms with Crippen molar-refractivity contribution in [3.05, 3.63) is 11.9 Å². The highest BCUT2D eigenvalue weighted by atomic mass is 32.2. The minimum atomic E-state index is 0.00282. The second kappa shape index (κ2) is 5.78. The molecule has 0 bridgehead atoms. The molecule has 0 aliphatic heterocycles. The van der Waals surface area contributed by atoms with Crippen molar-refractivity contribution >= 4 is 11.8 Å². The van der Waals surface area contributed by atoms with Gasteiger partial charge >= 0.3 is 0 Å². The third-order valence-electron chi connectivity index (χ3n) is 3.33. The zero-order chi connectivity index (χ0) is 12.3. The number of thioether (sulfide) groups is 1. The van der Waals surface area contributed by atoms with Crippen molar-refractivity contribution in [3.63, 3.8) is 0 Å². The maximum Gasteiger partial charge on any atom is 0.161 e. The van der Waals surface area contributed by atoms with Crippen LogP contribution in [0.2, 0.25) is 0 Å². The number of methoxy groups -OCH3 is 1. The van der Waals surface area contributed by atoms with Gasteiger partial charge in [0.15, 0.2) is 5.75 Å². The SMILES string of the molecule is COc1cnn(C)c1C(N)CSC1CCCC1. The second-order valence-corrected chi connectivity index (χ2v) is 5.90. The lowest BCUT2D eigenvalue weighted by atomic mass is 10.2. The summed E-state index contributed by atoms with van der Waals surface area (Å²) in [6.07, 6.45) is 7.18. The van der Waals surface area contributed by atoms with E-state index in [2.05, 4.69) is 5.10 Å². The molecular weight excluding hydrogens is 234 g/mol. The van der Waals surface area contributed by atoms with Crippen molar-refractivity contribution in [2.45, 2.75) is 37.0 Å². The Morgan fingerprint density at radius 3 is 2.94 bits per heavy atom. The van der Waals surface area contributed by atoms with E-state index >= 15 is 0 Å². The van der Waals surface area contributed by atoms with E-state index in [1.54, 1.807) is 13.3 Å². The van der Waals surface area contributed by atoms with Crippen LogP contribution in [-0.4, -0.2) is 27.9 Å². The lowest BCUT2D eigenvalue weighted by Crippen LogP contribution is -2.19. The molecular formula is C12H21N3OS. The smallest absolute Gasteiger partial charge is 0.161 e. The van der Waals surface area contributed by atoms with Crippen molar-refractivity contribution in [1.82, 2.24) is 9.78 Å². The summed E-state index contributed by atoms with van der Waals surface area (Å²) in [6, 6.07) is 0.00282. The molecule has 1 atom stereocenters. The molecule has 1 aromatic heterocycles. The van der Waals surface area contributed by atoms with Gasteiger partial charge in [0.1, 0.15) is 0 Å². The van der Waals surface area contributed by atoms with E-state index in [1.807, 2.05) is 23.5 Å². The van der Waals surface area contributed by atoms with Crippen LogP contribution in [0, 0.1) is 0 Å². The van der Waals surface area contributed by atoms with Gasteiger partial charge in [0, 0.05) is 18.1 Å². The fourth-order valence-electron chi connectivity index (χ4n) is 2.38. The van der Waals surface area contributed by atoms with E-state index in [9.17, 15) is 0 Å². The van der Waals surface area contributed by atoms with Gasteiger partial charge in [-0.05, 0) is 12.8 Å². The summed E-state index contributed by atoms with van der Waals surface area (Å²) in [6.45, 7) is 0. The lowest BCUT2D eigenvalue weighted by molar-refractivity contribution is 0.405. The van der Waals surface area contributed by atoms with E-state index in [0.29, 0.717) is 0 Å². The Hall–Kier alpha value is -0.680. The molecule has 0 saturated heterocycles. The zero-order valence-corrected chi connectivity index (χ0v) is 11.4. The van der Waals surface area contributed by atoms with Crippen LogP contribution < -0.4 is 10.5 Å². The van der Waals surface area contributed by atoms with Gasteiger partial charge in [-0.25, -0.2) is 0 Å². The fraction of sp³-hybridized carbons (Fsp3) is 0.750. The van der Waals surface area contributed by atoms with Crippen molar-refractivity contribution in [2.75, 3.05) is 12.9 Å². The Labute approximate surface area is 107 Å². The van der Waals surface area contributed by atoms with Crippen LogP contribution in [0.15, 0.2) is 6.20 Å². The highest BCUT2D eigenvalue weighted by Crippen LogP contribution is 2.33. The van der Waals surface area contributed by atoms with Crippen LogP contribution >= 0.6 is 11.8 Å². The first-order valence-electron chi connectivity index (χ1n) is 6.15. The largest absolute Gasteiger partial charge is 0.493 e. The first-order valence-corrected chi connectivity index (χ1v) is 7.20. The molecule has 96 valence electrons. The number of hydrogen-bond donors (Lipinski definition) is 1. The summed E-state index contributed by atoms with van der Waals surface area (Å²) in [5.74, 6) is 1.74. The number of nitrogens with two attached hydrogens (primary N) is 1. The Kier molecular flexibility index (Phi) is 4.34. The molecule has 4 nitrogen and oxygen atoms in total. The van der Waals surface area contributed by atoms with E-state index in [0.717, 1.165) is 22.4 Å². The van der Waals surface area contributed by atoms with Gasteiger partial charge in [-0.1, -0.05) is 12.8 Å². The maximum atomic E-state index is 6.23. The number of rotatable bonds is 5. The highest BCUT2D eigenvalue weighted by Gasteiger charge is 2.20. The van der Waals surface area contributed by atoms with Crippen LogP contribution in [0.1, 0.15) is 37.4 Å². The summed E-state index contributed by atoms with van der Waals surface area (Å²) in [7, 11) is 3.58. The van der Waals surface area contributed by atoms with Crippen LogP contribution in [0.3, 0.4) is 0 Å². The molecule has 0 spiro atoms. The number of aryl methyl sites for hydroxylation is 1. The highest BCUT2D eigenvalue weighted by molar-refractivity contribution is 7.99. The topological polar surface area (TPSA) is 53.1 Å². The number of aromatic nitrogens is 2. The summed E-state index contributed by atoms with van der Waals surface area (Å²) in [5.41, 5.74) is 7.23. The van der Waals surface area contributed by atoms with Crippen LogP contribution in [-0.2, 0) is 7.05 Å². The van der Waals surface area contributed by atoms with Gasteiger partial charge in [-0.3, -0.25) is 4.68 Å². The van der Waals surface area contributed by atoms with Gasteiger partial charge in [-0.15, -0.1) is 0 Å². The van der Waals surface area contributed by atoms with Crippen LogP contribution in [0.25, 0.3) is 0 Å². The Morgan fingerprint density at radius 2 is 2.29 bits per heavy atom. The van der Waals surface area contributed by atoms with Crippen LogP contribution in [0.4, 0.5) is 0 Å². The fourth-order valence-corrected chi connectivity index (χ4v) is 3.68. The van der Waals surface area contributed by atoms with Gasteiger partial charge in [0.2, 0.25) is 0 Å². The van der Waals surface area contributed by atoms with E-state index in [-0.39, 0.29) is 6.04 Å². The average Bonchev–Trinajstić information content (AvgIpc) is 2.94. The number of ether oxygens (including phenoxy) is 1. The van der Waals surface area contributed by atoms with E-state index in [1.165, 1.54) is 25.7 Å². The molecule has 1 aliphatic carbocycles. The molecule has 1 aromatic rings. The van der Waals surface area contributed by atoms with Crippen molar-refractivity contribution in [2.24, 2.45) is 12.8 Å². The summed E-state index contributed by atoms with van der Waals surface area (Å²) in [5, 5.41) is 5.00. The summed E-state index contributed by atoms with van der Waals surface area (Å²) < 4.78 is 7.10. The first kappa shape index (κ1) is 12.8. The quantitative estimate of drug-likeness (QED) is 0.875. The third-order valence-corrected chi connectivity index (χ3v) is 4.83. The molecule has 1 aliphatic rings. The van der Waals surface area contributed by atoms with Gasteiger partial charge < -0.3 is 10.5 Å². The van der Waals surface area contributed by atoms with Crippen molar-refractivity contribution in [1.29, 1.82) is 0 Å². The predicted octanol–water partition coefficient (Wildman–Crippen LogP) is 2.10. The molecule has 1 saturated carbocycles. The van der Waals surface area contributed by atoms with Gasteiger partial charge in [0.05, 0.1) is 25.0 Å². The van der Waals surface area contributed by atoms with Gasteiger partial charge in [0.25, 0.3) is 0 Å². The molecule has 1 unspecified atom stereocenters. The predicted molar refractivity (Wildman–Crippen MR) is 71.4 cm³/mol. The Morgan fingerprint density at radius 1 is 1.59 bits per heavy atom. The number of hydrogen-bond acceptors (Lipinski definition) is 4. The second-order valence-electron chi connectivity index (χ2n) is 4.57. The van der Waals surface area contributed by atoms with Crippen LogP contribution in [0.5, 0.6) is 5.75 Å². The summed E-state index contributed by atoms with van der Waals surface area (Å²) in [4.78, 5) is 0. The molecule has 0 radical (unpaired) electrons. The molecule has 17 heavy (non-hydrogen) atoms. The minimum absolute atomic E-state index is 0.00282. The van der Waals surface area contributed by atoms with Crippen molar-refractivity contribution < 1.29 is 4.74 Å². The average molecular weight is 255 g/mol. The molecule has 5 heteroatoms. The number of nitrogens with zero attached hydrogens (tertiary/aromatic N) is 2. The maximum absolute atomic E-state index is 6.23. The molecule has 2 N–H and O–H groups in total. The molecule has 2 rings (SSSR count). The molecule has 1 fully saturated rings. The zero-order valence-electron chi connectivity index (χ0n) is 10.6. The first-order chi connectivity index (χ1) is 8.22. The van der Waals surface area contributed by atoms with E-state index < -0.39 is 0 Å². The third kappa shape index (κ3) is 2.96. The molecule has 0 amide bonds. The molecule has 1 heterocycles. The summed E-state index contributed by atoms with van der Waals surface area (Å²) >= 11 is 2.00. The van der Waals surface area contributed by atoms with Crippen molar-refractivity contribution in [3.8, 4) is 5.75 Å². The van der Waals surface area contributed by atoms with E-state index in [4.69, 9.17) is 10.5 Å². The lowest BCUT2D eigenvalue weighted by Gasteiger charge is -2.16. The normalized spacial score (nSPS) is 18.5. The minimum Gasteiger partial charge on any atom is -0.493 e. The molecule has 0 aromatic carbocycles. The Bertz CT molecular complexity index is 361. The Balaban J connectivity index is 1.93. The monoisotopic (exact) mass is 255 g/mol. The standard InChI is InChI=1S/C12H21N3OS/c1-15-12(11(16-2)7-14-15)10(13)8-17-9-5-3-4-6-9/h7,9-10H,3-6,8,13H2,1-2H3.